The van der Waals surface area contributed by atoms with Gasteiger partial charge in [-0.25, -0.2) is 0 Å². The molecule has 0 aliphatic rings. The van der Waals surface area contributed by atoms with Crippen LogP contribution in [0.4, 0.5) is 0 Å². The Morgan fingerprint density at radius 1 is 0.632 bits per heavy atom. The van der Waals surface area contributed by atoms with Gasteiger partial charge < -0.3 is 15.3 Å². The number of hydrogen-bond donors (Lipinski definition) is 3. The van der Waals surface area contributed by atoms with Crippen molar-refractivity contribution in [1.82, 2.24) is 0 Å². The van der Waals surface area contributed by atoms with Crippen molar-refractivity contribution in [1.29, 1.82) is 0 Å². The van der Waals surface area contributed by atoms with Crippen molar-refractivity contribution in [2.75, 3.05) is 48.5 Å². The maximum Gasteiger partial charge on any atom is 0.0646 e. The van der Waals surface area contributed by atoms with E-state index < -0.39 is 7.92 Å². The molecule has 3 N–H and O–H groups in total. The lowest BCUT2D eigenvalue weighted by molar-refractivity contribution is 0.284. The summed E-state index contributed by atoms with van der Waals surface area (Å²) in [4.78, 5) is 0. The molecule has 0 aliphatic carbocycles. The quantitative estimate of drug-likeness (QED) is 0.319. The zero-order valence-electron chi connectivity index (χ0n) is 11.8. The third-order valence-electron chi connectivity index (χ3n) is 2.69. The molecule has 0 atom stereocenters. The topological polar surface area (TPSA) is 60.7 Å². The molecule has 0 unspecified atom stereocenters. The third kappa shape index (κ3) is 15.2. The van der Waals surface area contributed by atoms with E-state index in [1.807, 2.05) is 23.5 Å². The Morgan fingerprint density at radius 2 is 1.21 bits per heavy atom. The van der Waals surface area contributed by atoms with E-state index in [-0.39, 0.29) is 12.7 Å². The van der Waals surface area contributed by atoms with E-state index in [9.17, 15) is 0 Å². The van der Waals surface area contributed by atoms with E-state index >= 15 is 0 Å². The van der Waals surface area contributed by atoms with Crippen LogP contribution in [0.25, 0.3) is 0 Å². The van der Waals surface area contributed by atoms with Crippen LogP contribution in [-0.2, 0) is 0 Å². The fraction of sp³-hybridized carbons (Fsp3) is 1.00. The average molecular weight is 328 g/mol. The van der Waals surface area contributed by atoms with Crippen LogP contribution in [0.3, 0.4) is 0 Å². The SMILES string of the molecule is OCCCCCSCCCSCCCP(CO)CO. The normalized spacial score (nSPS) is 11.4. The summed E-state index contributed by atoms with van der Waals surface area (Å²) in [6.07, 6.45) is 7.04. The summed E-state index contributed by atoms with van der Waals surface area (Å²) in [6, 6.07) is 0. The van der Waals surface area contributed by atoms with Crippen molar-refractivity contribution in [2.24, 2.45) is 0 Å². The number of aliphatic hydroxyl groups is 3. The molecule has 3 nitrogen and oxygen atoms in total. The minimum atomic E-state index is -0.518. The molecule has 0 saturated heterocycles. The minimum Gasteiger partial charge on any atom is -0.396 e. The molecule has 0 saturated carbocycles. The molecule has 0 aromatic rings. The highest BCUT2D eigenvalue weighted by Crippen LogP contribution is 2.33. The van der Waals surface area contributed by atoms with Gasteiger partial charge in [0.1, 0.15) is 0 Å². The summed E-state index contributed by atoms with van der Waals surface area (Å²) >= 11 is 4.01. The first-order valence-electron chi connectivity index (χ1n) is 7.05. The second kappa shape index (κ2) is 17.1. The summed E-state index contributed by atoms with van der Waals surface area (Å²) < 4.78 is 0. The van der Waals surface area contributed by atoms with Crippen LogP contribution in [-0.4, -0.2) is 63.8 Å². The minimum absolute atomic E-state index is 0.170. The summed E-state index contributed by atoms with van der Waals surface area (Å²) in [7, 11) is -0.518. The highest BCUT2D eigenvalue weighted by molar-refractivity contribution is 8.00. The molecule has 0 rings (SSSR count). The molecule has 0 fully saturated rings. The van der Waals surface area contributed by atoms with Gasteiger partial charge in [0, 0.05) is 6.61 Å². The van der Waals surface area contributed by atoms with Crippen molar-refractivity contribution in [3.8, 4) is 0 Å². The van der Waals surface area contributed by atoms with E-state index in [1.165, 1.54) is 30.1 Å². The fourth-order valence-electron chi connectivity index (χ4n) is 1.54. The van der Waals surface area contributed by atoms with Gasteiger partial charge in [0.05, 0.1) is 12.7 Å². The van der Waals surface area contributed by atoms with Gasteiger partial charge in [-0.2, -0.15) is 23.5 Å². The van der Waals surface area contributed by atoms with Gasteiger partial charge in [-0.1, -0.05) is 14.3 Å². The largest absolute Gasteiger partial charge is 0.396 e. The van der Waals surface area contributed by atoms with Crippen LogP contribution in [0.1, 0.15) is 32.1 Å². The molecule has 0 heterocycles. The second-order valence-corrected chi connectivity index (χ2v) is 9.20. The lowest BCUT2D eigenvalue weighted by atomic mass is 10.3. The van der Waals surface area contributed by atoms with E-state index in [2.05, 4.69) is 0 Å². The summed E-state index contributed by atoms with van der Waals surface area (Å²) in [5, 5.41) is 26.5. The van der Waals surface area contributed by atoms with Gasteiger partial charge in [-0.05, 0) is 54.9 Å². The van der Waals surface area contributed by atoms with Gasteiger partial charge in [0.25, 0.3) is 0 Å². The zero-order chi connectivity index (χ0) is 14.2. The van der Waals surface area contributed by atoms with Crippen molar-refractivity contribution >= 4 is 31.4 Å². The van der Waals surface area contributed by atoms with Gasteiger partial charge in [-0.15, -0.1) is 0 Å². The Bertz CT molecular complexity index is 172. The molecular weight excluding hydrogens is 299 g/mol. The lowest BCUT2D eigenvalue weighted by Gasteiger charge is -2.10. The second-order valence-electron chi connectivity index (χ2n) is 4.39. The number of hydrogen-bond acceptors (Lipinski definition) is 5. The standard InChI is InChI=1S/C13H29O3PS2/c14-6-2-1-3-8-18-10-5-11-19-9-4-7-17(12-15)13-16/h14-16H,1-13H2. The van der Waals surface area contributed by atoms with E-state index in [0.29, 0.717) is 6.61 Å². The molecule has 0 aromatic heterocycles. The van der Waals surface area contributed by atoms with Crippen LogP contribution >= 0.6 is 31.4 Å². The monoisotopic (exact) mass is 328 g/mol. The molecular formula is C13H29O3PS2. The lowest BCUT2D eigenvalue weighted by Crippen LogP contribution is -1.96. The first-order valence-corrected chi connectivity index (χ1v) is 11.3. The van der Waals surface area contributed by atoms with Gasteiger partial charge >= 0.3 is 0 Å². The third-order valence-corrected chi connectivity index (χ3v) is 6.75. The summed E-state index contributed by atoms with van der Waals surface area (Å²) in [6.45, 7) is 0.329. The first-order chi connectivity index (χ1) is 9.35. The zero-order valence-corrected chi connectivity index (χ0v) is 14.3. The number of unbranched alkanes of at least 4 members (excludes halogenated alkanes) is 2. The maximum atomic E-state index is 8.95. The molecule has 0 amide bonds. The van der Waals surface area contributed by atoms with Crippen molar-refractivity contribution < 1.29 is 15.3 Å². The molecule has 0 bridgehead atoms. The maximum absolute atomic E-state index is 8.95. The van der Waals surface area contributed by atoms with Crippen molar-refractivity contribution in [3.05, 3.63) is 0 Å². The van der Waals surface area contributed by atoms with Crippen LogP contribution in [0.2, 0.25) is 0 Å². The van der Waals surface area contributed by atoms with Crippen LogP contribution in [0.15, 0.2) is 0 Å². The van der Waals surface area contributed by atoms with Crippen molar-refractivity contribution in [2.45, 2.75) is 32.1 Å². The predicted molar refractivity (Wildman–Crippen MR) is 90.8 cm³/mol. The Labute approximate surface area is 127 Å². The Morgan fingerprint density at radius 3 is 1.79 bits per heavy atom. The van der Waals surface area contributed by atoms with Gasteiger partial charge in [-0.3, -0.25) is 0 Å². The molecule has 0 aliphatic heterocycles. The molecule has 116 valence electrons. The molecule has 6 heteroatoms. The van der Waals surface area contributed by atoms with Crippen LogP contribution in [0, 0.1) is 0 Å². The Kier molecular flexibility index (Phi) is 18.0. The highest BCUT2D eigenvalue weighted by atomic mass is 32.2. The number of aliphatic hydroxyl groups excluding tert-OH is 3. The average Bonchev–Trinajstić information content (AvgIpc) is 2.44. The highest BCUT2D eigenvalue weighted by Gasteiger charge is 2.03. The first kappa shape index (κ1) is 20.0. The predicted octanol–water partition coefficient (Wildman–Crippen LogP) is 2.78. The van der Waals surface area contributed by atoms with Crippen LogP contribution < -0.4 is 0 Å². The fourth-order valence-corrected chi connectivity index (χ4v) is 4.77. The van der Waals surface area contributed by atoms with Crippen LogP contribution in [0.5, 0.6) is 0 Å². The summed E-state index contributed by atoms with van der Waals surface area (Å²) in [5.41, 5.74) is 0. The van der Waals surface area contributed by atoms with Crippen molar-refractivity contribution in [3.63, 3.8) is 0 Å². The van der Waals surface area contributed by atoms with Gasteiger partial charge in [0.15, 0.2) is 0 Å². The van der Waals surface area contributed by atoms with E-state index in [4.69, 9.17) is 15.3 Å². The molecule has 0 spiro atoms. The number of thioether (sulfide) groups is 2. The van der Waals surface area contributed by atoms with E-state index in [1.54, 1.807) is 0 Å². The smallest absolute Gasteiger partial charge is 0.0646 e. The molecule has 0 radical (unpaired) electrons. The summed E-state index contributed by atoms with van der Waals surface area (Å²) in [5.74, 6) is 4.84. The van der Waals surface area contributed by atoms with E-state index in [0.717, 1.165) is 31.2 Å². The Balaban J connectivity index is 3.02. The number of rotatable bonds is 15. The van der Waals surface area contributed by atoms with Gasteiger partial charge in [0.2, 0.25) is 0 Å². The molecule has 0 aromatic carbocycles. The molecule has 19 heavy (non-hydrogen) atoms. The Hall–Kier alpha value is 1.01.